The molecular formula is C47H32N2O. The zero-order valence-electron chi connectivity index (χ0n) is 27.5. The lowest BCUT2D eigenvalue weighted by molar-refractivity contribution is 0.366. The van der Waals surface area contributed by atoms with Crippen molar-refractivity contribution >= 4 is 65.7 Å². The Morgan fingerprint density at radius 1 is 0.460 bits per heavy atom. The Labute approximate surface area is 290 Å². The average molecular weight is 641 g/mol. The summed E-state index contributed by atoms with van der Waals surface area (Å²) >= 11 is 0. The lowest BCUT2D eigenvalue weighted by Gasteiger charge is -2.34. The fourth-order valence-corrected chi connectivity index (χ4v) is 7.90. The second kappa shape index (κ2) is 11.3. The molecule has 0 saturated heterocycles. The molecule has 0 fully saturated rings. The first-order chi connectivity index (χ1) is 24.7. The first-order valence-electron chi connectivity index (χ1n) is 17.1. The number of allylic oxidation sites excluding steroid dienone is 1. The van der Waals surface area contributed by atoms with Gasteiger partial charge in [-0.25, -0.2) is 0 Å². The van der Waals surface area contributed by atoms with Crippen LogP contribution in [-0.4, -0.2) is 17.7 Å². The quantitative estimate of drug-likeness (QED) is 0.179. The zero-order chi connectivity index (χ0) is 33.2. The fourth-order valence-electron chi connectivity index (χ4n) is 7.90. The van der Waals surface area contributed by atoms with Gasteiger partial charge in [0, 0.05) is 29.1 Å². The average Bonchev–Trinajstić information content (AvgIpc) is 3.57. The molecule has 0 saturated carbocycles. The van der Waals surface area contributed by atoms with Crippen molar-refractivity contribution in [3.63, 3.8) is 0 Å². The summed E-state index contributed by atoms with van der Waals surface area (Å²) in [6.45, 7) is 0. The summed E-state index contributed by atoms with van der Waals surface area (Å²) in [6, 6.07) is 58.4. The highest BCUT2D eigenvalue weighted by Gasteiger charge is 2.28. The minimum atomic E-state index is -0.251. The minimum absolute atomic E-state index is 0.251. The zero-order valence-corrected chi connectivity index (χ0v) is 27.5. The largest absolute Gasteiger partial charge is 0.456 e. The van der Waals surface area contributed by atoms with E-state index in [-0.39, 0.29) is 6.17 Å². The summed E-state index contributed by atoms with van der Waals surface area (Å²) in [5.41, 5.74) is 9.55. The SMILES string of the molecule is CN1C(c2ccccc2)=CC(c2ccccc2)=NC1c1cccc2oc3ccc(-c4ccc5c6ccccc6c6ccccc6c5c4)cc3c12. The lowest BCUT2D eigenvalue weighted by atomic mass is 9.91. The van der Waals surface area contributed by atoms with Crippen molar-refractivity contribution in [3.8, 4) is 11.1 Å². The van der Waals surface area contributed by atoms with E-state index in [0.29, 0.717) is 0 Å². The molecule has 0 radical (unpaired) electrons. The first-order valence-corrected chi connectivity index (χ1v) is 17.1. The van der Waals surface area contributed by atoms with Gasteiger partial charge in [0.05, 0.1) is 5.71 Å². The molecule has 1 aliphatic rings. The van der Waals surface area contributed by atoms with E-state index in [4.69, 9.17) is 9.41 Å². The molecule has 3 heteroatoms. The molecule has 2 heterocycles. The molecule has 1 aliphatic heterocycles. The molecule has 1 aromatic heterocycles. The van der Waals surface area contributed by atoms with Crippen LogP contribution in [0.4, 0.5) is 0 Å². The van der Waals surface area contributed by atoms with Gasteiger partial charge in [-0.2, -0.15) is 0 Å². The van der Waals surface area contributed by atoms with Crippen molar-refractivity contribution in [1.82, 2.24) is 4.90 Å². The Hall–Kier alpha value is -6.45. The maximum Gasteiger partial charge on any atom is 0.148 e. The molecule has 9 aromatic rings. The number of fused-ring (bicyclic) bond motifs is 9. The van der Waals surface area contributed by atoms with Gasteiger partial charge in [0.25, 0.3) is 0 Å². The number of furan rings is 1. The van der Waals surface area contributed by atoms with Gasteiger partial charge in [0.1, 0.15) is 17.3 Å². The Morgan fingerprint density at radius 3 is 1.70 bits per heavy atom. The summed E-state index contributed by atoms with van der Waals surface area (Å²) in [4.78, 5) is 7.70. The van der Waals surface area contributed by atoms with Gasteiger partial charge in [-0.3, -0.25) is 4.99 Å². The Morgan fingerprint density at radius 2 is 1.02 bits per heavy atom. The van der Waals surface area contributed by atoms with E-state index in [1.807, 2.05) is 0 Å². The topological polar surface area (TPSA) is 28.7 Å². The Bertz CT molecular complexity index is 2790. The molecule has 8 aromatic carbocycles. The van der Waals surface area contributed by atoms with E-state index in [0.717, 1.165) is 55.6 Å². The molecular weight excluding hydrogens is 609 g/mol. The van der Waals surface area contributed by atoms with E-state index >= 15 is 0 Å². The number of nitrogens with zero attached hydrogens (tertiary/aromatic N) is 2. The van der Waals surface area contributed by atoms with Crippen LogP contribution >= 0.6 is 0 Å². The van der Waals surface area contributed by atoms with Crippen LogP contribution in [-0.2, 0) is 0 Å². The molecule has 0 aliphatic carbocycles. The monoisotopic (exact) mass is 640 g/mol. The summed E-state index contributed by atoms with van der Waals surface area (Å²) in [6.07, 6.45) is 1.96. The van der Waals surface area contributed by atoms with Crippen LogP contribution in [0.2, 0.25) is 0 Å². The third-order valence-corrected chi connectivity index (χ3v) is 10.3. The van der Waals surface area contributed by atoms with E-state index in [2.05, 4.69) is 182 Å². The molecule has 0 bridgehead atoms. The summed E-state index contributed by atoms with van der Waals surface area (Å²) in [5.74, 6) is 0. The Balaban J connectivity index is 1.16. The molecule has 0 amide bonds. The first kappa shape index (κ1) is 28.6. The molecule has 0 N–H and O–H groups in total. The van der Waals surface area contributed by atoms with Gasteiger partial charge in [-0.1, -0.05) is 140 Å². The third-order valence-electron chi connectivity index (χ3n) is 10.3. The van der Waals surface area contributed by atoms with Crippen molar-refractivity contribution < 1.29 is 4.42 Å². The van der Waals surface area contributed by atoms with Gasteiger partial charge in [-0.05, 0) is 84.9 Å². The van der Waals surface area contributed by atoms with Gasteiger partial charge < -0.3 is 9.32 Å². The number of rotatable bonds is 4. The molecule has 1 atom stereocenters. The van der Waals surface area contributed by atoms with Crippen LogP contribution in [0.15, 0.2) is 179 Å². The summed E-state index contributed by atoms with van der Waals surface area (Å²) in [5, 5.41) is 9.86. The van der Waals surface area contributed by atoms with E-state index in [1.54, 1.807) is 0 Å². The fraction of sp³-hybridized carbons (Fsp3) is 0.0426. The minimum Gasteiger partial charge on any atom is -0.456 e. The lowest BCUT2D eigenvalue weighted by Crippen LogP contribution is -2.27. The van der Waals surface area contributed by atoms with Gasteiger partial charge in [-0.15, -0.1) is 0 Å². The molecule has 10 rings (SSSR count). The van der Waals surface area contributed by atoms with E-state index in [9.17, 15) is 0 Å². The maximum absolute atomic E-state index is 6.53. The van der Waals surface area contributed by atoms with Crippen molar-refractivity contribution in [1.29, 1.82) is 0 Å². The number of benzene rings is 8. The molecule has 0 spiro atoms. The van der Waals surface area contributed by atoms with Crippen LogP contribution in [0.3, 0.4) is 0 Å². The second-order valence-corrected chi connectivity index (χ2v) is 13.1. The molecule has 236 valence electrons. The highest BCUT2D eigenvalue weighted by molar-refractivity contribution is 6.26. The van der Waals surface area contributed by atoms with Gasteiger partial charge >= 0.3 is 0 Å². The summed E-state index contributed by atoms with van der Waals surface area (Å²) < 4.78 is 6.53. The van der Waals surface area contributed by atoms with Crippen molar-refractivity contribution in [2.45, 2.75) is 6.17 Å². The van der Waals surface area contributed by atoms with Crippen LogP contribution in [0.1, 0.15) is 22.9 Å². The predicted molar refractivity (Wildman–Crippen MR) is 210 cm³/mol. The normalized spacial score (nSPS) is 14.9. The number of hydrogen-bond donors (Lipinski definition) is 0. The van der Waals surface area contributed by atoms with Crippen molar-refractivity contribution in [3.05, 3.63) is 187 Å². The smallest absolute Gasteiger partial charge is 0.148 e. The third kappa shape index (κ3) is 4.48. The second-order valence-electron chi connectivity index (χ2n) is 13.1. The maximum atomic E-state index is 6.53. The highest BCUT2D eigenvalue weighted by Crippen LogP contribution is 2.42. The Kier molecular flexibility index (Phi) is 6.47. The number of hydrogen-bond acceptors (Lipinski definition) is 3. The van der Waals surface area contributed by atoms with Crippen LogP contribution in [0, 0.1) is 0 Å². The highest BCUT2D eigenvalue weighted by atomic mass is 16.3. The predicted octanol–water partition coefficient (Wildman–Crippen LogP) is 12.2. The van der Waals surface area contributed by atoms with Crippen LogP contribution < -0.4 is 0 Å². The van der Waals surface area contributed by atoms with Crippen molar-refractivity contribution in [2.24, 2.45) is 4.99 Å². The molecule has 3 nitrogen and oxygen atoms in total. The standard InChI is InChI=1S/C47H32N2O/c1-49-43(31-15-6-3-7-16-31)29-42(30-13-4-2-5-14-30)48-47(49)39-21-12-22-45-46(39)41-28-33(24-26-44(41)50-45)32-23-25-38-36-19-9-8-17-34(36)35-18-10-11-20-37(35)40(38)27-32/h2-29,47H,1H3. The molecule has 1 unspecified atom stereocenters. The number of aliphatic imine (C=N–C) groups is 1. The summed E-state index contributed by atoms with van der Waals surface area (Å²) in [7, 11) is 2.14. The van der Waals surface area contributed by atoms with E-state index < -0.39 is 0 Å². The van der Waals surface area contributed by atoms with Crippen LogP contribution in [0.5, 0.6) is 0 Å². The van der Waals surface area contributed by atoms with Gasteiger partial charge in [0.15, 0.2) is 0 Å². The van der Waals surface area contributed by atoms with E-state index in [1.165, 1.54) is 37.9 Å². The van der Waals surface area contributed by atoms with Crippen molar-refractivity contribution in [2.75, 3.05) is 7.05 Å². The van der Waals surface area contributed by atoms with Crippen LogP contribution in [0.25, 0.3) is 71.1 Å². The molecule has 50 heavy (non-hydrogen) atoms. The van der Waals surface area contributed by atoms with Gasteiger partial charge in [0.2, 0.25) is 0 Å².